The van der Waals surface area contributed by atoms with Crippen LogP contribution in [0.3, 0.4) is 0 Å². The van der Waals surface area contributed by atoms with Crippen LogP contribution in [0.1, 0.15) is 0 Å². The first-order valence-corrected chi connectivity index (χ1v) is 2.01. The molecule has 0 fully saturated rings. The van der Waals surface area contributed by atoms with Crippen LogP contribution in [0.2, 0.25) is 0 Å². The first-order valence-electron chi connectivity index (χ1n) is 2.01. The lowest BCUT2D eigenvalue weighted by Crippen LogP contribution is -2.38. The van der Waals surface area contributed by atoms with Gasteiger partial charge >= 0.3 is 6.03 Å². The van der Waals surface area contributed by atoms with Crippen LogP contribution >= 0.6 is 0 Å². The zero-order valence-corrected chi connectivity index (χ0v) is 4.03. The van der Waals surface area contributed by atoms with E-state index in [1.807, 2.05) is 0 Å². The van der Waals surface area contributed by atoms with Crippen molar-refractivity contribution >= 4 is 6.03 Å². The van der Waals surface area contributed by atoms with Gasteiger partial charge in [0.15, 0.2) is 0 Å². The predicted molar refractivity (Wildman–Crippen MR) is 24.3 cm³/mol. The number of hydrazine groups is 1. The minimum Gasteiger partial charge on any atom is -0.349 e. The summed E-state index contributed by atoms with van der Waals surface area (Å²) in [5, 5.41) is 7.61. The number of primary amides is 1. The minimum absolute atomic E-state index is 0.322. The highest BCUT2D eigenvalue weighted by atomic mass is 16.2. The Morgan fingerprint density at radius 3 is 2.88 bits per heavy atom. The lowest BCUT2D eigenvalue weighted by molar-refractivity contribution is 0.194. The van der Waals surface area contributed by atoms with Gasteiger partial charge in [0.25, 0.3) is 0 Å². The van der Waals surface area contributed by atoms with Crippen molar-refractivity contribution in [3.63, 3.8) is 0 Å². The summed E-state index contributed by atoms with van der Waals surface area (Å²) in [4.78, 5) is 10.1. The van der Waals surface area contributed by atoms with Gasteiger partial charge in [-0.2, -0.15) is 10.5 Å². The lowest BCUT2D eigenvalue weighted by Gasteiger charge is -2.02. The quantitative estimate of drug-likeness (QED) is 0.433. The number of nitrogens with zero attached hydrogens (tertiary/aromatic N) is 3. The van der Waals surface area contributed by atoms with Gasteiger partial charge in [-0.05, 0) is 5.22 Å². The summed E-state index contributed by atoms with van der Waals surface area (Å²) >= 11 is 0. The van der Waals surface area contributed by atoms with Gasteiger partial charge in [-0.25, -0.2) is 4.79 Å². The smallest absolute Gasteiger partial charge is 0.349 e. The van der Waals surface area contributed by atoms with Crippen LogP contribution in [0.15, 0.2) is 10.3 Å². The lowest BCUT2D eigenvalue weighted by atomic mass is 11.1. The van der Waals surface area contributed by atoms with Crippen molar-refractivity contribution in [2.45, 2.75) is 0 Å². The Kier molecular flexibility index (Phi) is 1.09. The molecule has 0 saturated heterocycles. The Bertz CT molecular complexity index is 130. The van der Waals surface area contributed by atoms with E-state index in [0.29, 0.717) is 6.67 Å². The molecule has 1 aliphatic heterocycles. The Labute approximate surface area is 45.3 Å². The number of hydrogen-bond donors (Lipinski definition) is 2. The normalized spacial score (nSPS) is 17.2. The number of amides is 2. The predicted octanol–water partition coefficient (Wildman–Crippen LogP) is -0.790. The molecular formula is C2H5N5O. The molecule has 1 rings (SSSR count). The summed E-state index contributed by atoms with van der Waals surface area (Å²) in [5.74, 6) is 0. The van der Waals surface area contributed by atoms with E-state index < -0.39 is 6.03 Å². The molecule has 0 saturated carbocycles. The van der Waals surface area contributed by atoms with E-state index in [9.17, 15) is 4.79 Å². The molecule has 1 heterocycles. The highest BCUT2D eigenvalue weighted by molar-refractivity contribution is 5.70. The van der Waals surface area contributed by atoms with Crippen LogP contribution in [0.25, 0.3) is 0 Å². The standard InChI is InChI=1S/C2H5N5O/c3-2(8)7-5-1-4-6-7/h5H,1H2,(H2,3,8). The van der Waals surface area contributed by atoms with Crippen molar-refractivity contribution in [1.29, 1.82) is 0 Å². The van der Waals surface area contributed by atoms with E-state index in [1.54, 1.807) is 0 Å². The van der Waals surface area contributed by atoms with E-state index in [4.69, 9.17) is 5.73 Å². The van der Waals surface area contributed by atoms with Gasteiger partial charge in [-0.15, -0.1) is 5.12 Å². The first kappa shape index (κ1) is 4.98. The fraction of sp³-hybridized carbons (Fsp3) is 0.500. The molecule has 0 aromatic rings. The zero-order chi connectivity index (χ0) is 5.98. The van der Waals surface area contributed by atoms with E-state index in [1.165, 1.54) is 0 Å². The molecule has 8 heavy (non-hydrogen) atoms. The van der Waals surface area contributed by atoms with E-state index in [2.05, 4.69) is 15.8 Å². The molecule has 0 atom stereocenters. The number of hydrogen-bond acceptors (Lipinski definition) is 4. The molecule has 2 amide bonds. The highest BCUT2D eigenvalue weighted by Gasteiger charge is 2.10. The largest absolute Gasteiger partial charge is 0.351 e. The van der Waals surface area contributed by atoms with Crippen molar-refractivity contribution in [3.8, 4) is 0 Å². The Morgan fingerprint density at radius 2 is 2.62 bits per heavy atom. The fourth-order valence-corrected chi connectivity index (χ4v) is 0.347. The van der Waals surface area contributed by atoms with Gasteiger partial charge in [-0.3, -0.25) is 0 Å². The van der Waals surface area contributed by atoms with Crippen LogP contribution in [0.4, 0.5) is 4.79 Å². The number of nitrogens with one attached hydrogen (secondary N) is 1. The van der Waals surface area contributed by atoms with Crippen molar-refractivity contribution in [2.75, 3.05) is 6.67 Å². The number of rotatable bonds is 0. The van der Waals surface area contributed by atoms with Gasteiger partial charge in [0.05, 0.1) is 0 Å². The molecule has 0 spiro atoms. The molecule has 3 N–H and O–H groups in total. The second kappa shape index (κ2) is 1.74. The van der Waals surface area contributed by atoms with Gasteiger partial charge in [-0.1, -0.05) is 0 Å². The summed E-state index contributed by atoms with van der Waals surface area (Å²) in [6.07, 6.45) is 0. The van der Waals surface area contributed by atoms with Crippen LogP contribution < -0.4 is 11.2 Å². The molecule has 0 aromatic heterocycles. The molecular weight excluding hydrogens is 110 g/mol. The molecule has 6 nitrogen and oxygen atoms in total. The molecule has 1 aliphatic rings. The molecule has 44 valence electrons. The second-order valence-electron chi connectivity index (χ2n) is 1.20. The molecule has 6 heteroatoms. The molecule has 0 radical (unpaired) electrons. The zero-order valence-electron chi connectivity index (χ0n) is 4.03. The monoisotopic (exact) mass is 115 g/mol. The van der Waals surface area contributed by atoms with Crippen LogP contribution in [0, 0.1) is 0 Å². The van der Waals surface area contributed by atoms with Crippen LogP contribution in [0.5, 0.6) is 0 Å². The molecule has 0 bridgehead atoms. The Hall–Kier alpha value is -1.17. The summed E-state index contributed by atoms with van der Waals surface area (Å²) < 4.78 is 0. The number of urea groups is 1. The summed E-state index contributed by atoms with van der Waals surface area (Å²) in [6, 6.07) is -0.647. The topological polar surface area (TPSA) is 83.1 Å². The third-order valence-corrected chi connectivity index (χ3v) is 0.653. The van der Waals surface area contributed by atoms with Crippen molar-refractivity contribution in [1.82, 2.24) is 10.5 Å². The maximum absolute atomic E-state index is 10.1. The van der Waals surface area contributed by atoms with Crippen molar-refractivity contribution in [2.24, 2.45) is 16.1 Å². The van der Waals surface area contributed by atoms with Crippen molar-refractivity contribution < 1.29 is 4.79 Å². The summed E-state index contributed by atoms with van der Waals surface area (Å²) in [6.45, 7) is 0.322. The van der Waals surface area contributed by atoms with Crippen LogP contribution in [-0.2, 0) is 0 Å². The summed E-state index contributed by atoms with van der Waals surface area (Å²) in [7, 11) is 0. The molecule has 0 unspecified atom stereocenters. The summed E-state index contributed by atoms with van der Waals surface area (Å²) in [5.41, 5.74) is 7.25. The third kappa shape index (κ3) is 0.733. The minimum atomic E-state index is -0.647. The average molecular weight is 115 g/mol. The first-order chi connectivity index (χ1) is 3.80. The number of carbonyl (C=O) groups excluding carboxylic acids is 1. The van der Waals surface area contributed by atoms with Gasteiger partial charge < -0.3 is 5.73 Å². The highest BCUT2D eigenvalue weighted by Crippen LogP contribution is 1.90. The van der Waals surface area contributed by atoms with E-state index in [0.717, 1.165) is 5.12 Å². The SMILES string of the molecule is NC(=O)N1N=NCN1. The Balaban J connectivity index is 2.48. The van der Waals surface area contributed by atoms with Crippen LogP contribution in [-0.4, -0.2) is 17.8 Å². The number of carbonyl (C=O) groups is 1. The fourth-order valence-electron chi connectivity index (χ4n) is 0.347. The maximum atomic E-state index is 10.1. The van der Waals surface area contributed by atoms with Gasteiger partial charge in [0.1, 0.15) is 6.67 Å². The number of nitrogens with two attached hydrogens (primary N) is 1. The second-order valence-corrected chi connectivity index (χ2v) is 1.20. The van der Waals surface area contributed by atoms with Crippen molar-refractivity contribution in [3.05, 3.63) is 0 Å². The third-order valence-electron chi connectivity index (χ3n) is 0.653. The molecule has 0 aromatic carbocycles. The average Bonchev–Trinajstić information content (AvgIpc) is 2.12. The van der Waals surface area contributed by atoms with Gasteiger partial charge in [0.2, 0.25) is 0 Å². The van der Waals surface area contributed by atoms with E-state index in [-0.39, 0.29) is 0 Å². The van der Waals surface area contributed by atoms with E-state index >= 15 is 0 Å². The Morgan fingerprint density at radius 1 is 1.88 bits per heavy atom. The molecule has 0 aliphatic carbocycles. The van der Waals surface area contributed by atoms with Gasteiger partial charge in [0, 0.05) is 0 Å². The maximum Gasteiger partial charge on any atom is 0.351 e.